The minimum absolute atomic E-state index is 0.0320. The number of benzene rings is 1. The highest BCUT2D eigenvalue weighted by Gasteiger charge is 2.36. The van der Waals surface area contributed by atoms with Crippen molar-refractivity contribution in [1.82, 2.24) is 14.7 Å². The summed E-state index contributed by atoms with van der Waals surface area (Å²) in [5, 5.41) is 0. The summed E-state index contributed by atoms with van der Waals surface area (Å²) in [5.74, 6) is 0.110. The van der Waals surface area contributed by atoms with E-state index in [1.807, 2.05) is 35.2 Å². The largest absolute Gasteiger partial charge is 0.375 e. The van der Waals surface area contributed by atoms with Gasteiger partial charge in [-0.3, -0.25) is 14.4 Å². The molecular formula is C21H29N3O4. The van der Waals surface area contributed by atoms with Gasteiger partial charge < -0.3 is 19.4 Å². The zero-order valence-corrected chi connectivity index (χ0v) is 16.5. The van der Waals surface area contributed by atoms with Crippen molar-refractivity contribution in [3.63, 3.8) is 0 Å². The lowest BCUT2D eigenvalue weighted by atomic mass is 10.1. The van der Waals surface area contributed by atoms with Gasteiger partial charge in [0.25, 0.3) is 0 Å². The topological polar surface area (TPSA) is 70.2 Å². The van der Waals surface area contributed by atoms with Gasteiger partial charge in [0.05, 0.1) is 19.8 Å². The van der Waals surface area contributed by atoms with E-state index in [9.17, 15) is 14.4 Å². The van der Waals surface area contributed by atoms with E-state index in [4.69, 9.17) is 4.74 Å². The van der Waals surface area contributed by atoms with Crippen molar-refractivity contribution in [3.8, 4) is 0 Å². The third-order valence-electron chi connectivity index (χ3n) is 5.40. The Kier molecular flexibility index (Phi) is 7.03. The van der Waals surface area contributed by atoms with E-state index in [2.05, 4.69) is 0 Å². The molecule has 3 amide bonds. The van der Waals surface area contributed by atoms with Crippen molar-refractivity contribution in [2.45, 2.75) is 38.8 Å². The lowest BCUT2D eigenvalue weighted by molar-refractivity contribution is -0.155. The van der Waals surface area contributed by atoms with Crippen LogP contribution in [0.3, 0.4) is 0 Å². The number of carbonyl (C=O) groups is 3. The predicted octanol–water partition coefficient (Wildman–Crippen LogP) is 1.28. The molecule has 2 aliphatic rings. The number of piperazine rings is 1. The highest BCUT2D eigenvalue weighted by Crippen LogP contribution is 2.14. The highest BCUT2D eigenvalue weighted by molar-refractivity contribution is 5.94. The maximum atomic E-state index is 12.6. The third-order valence-corrected chi connectivity index (χ3v) is 5.40. The van der Waals surface area contributed by atoms with E-state index in [0.29, 0.717) is 45.7 Å². The Morgan fingerprint density at radius 2 is 1.75 bits per heavy atom. The Hall–Kier alpha value is -2.41. The summed E-state index contributed by atoms with van der Waals surface area (Å²) in [6, 6.07) is 9.38. The van der Waals surface area contributed by atoms with E-state index in [0.717, 1.165) is 18.5 Å². The van der Waals surface area contributed by atoms with Crippen LogP contribution in [0.4, 0.5) is 0 Å². The number of amides is 3. The molecule has 0 unspecified atom stereocenters. The molecule has 0 bridgehead atoms. The summed E-state index contributed by atoms with van der Waals surface area (Å²) in [6.07, 6.45) is 2.25. The summed E-state index contributed by atoms with van der Waals surface area (Å²) in [5.41, 5.74) is 1.08. The van der Waals surface area contributed by atoms with Crippen LogP contribution >= 0.6 is 0 Å². The number of carbonyl (C=O) groups excluding carboxylic acids is 3. The molecule has 0 spiro atoms. The summed E-state index contributed by atoms with van der Waals surface area (Å²) in [6.45, 7) is 5.15. The van der Waals surface area contributed by atoms with Crippen molar-refractivity contribution >= 4 is 17.7 Å². The van der Waals surface area contributed by atoms with Crippen molar-refractivity contribution in [1.29, 1.82) is 0 Å². The zero-order valence-electron chi connectivity index (χ0n) is 16.5. The van der Waals surface area contributed by atoms with Crippen LogP contribution in [-0.4, -0.2) is 77.8 Å². The Labute approximate surface area is 166 Å². The zero-order chi connectivity index (χ0) is 19.9. The van der Waals surface area contributed by atoms with Gasteiger partial charge in [-0.05, 0) is 25.3 Å². The lowest BCUT2D eigenvalue weighted by Gasteiger charge is -2.38. The van der Waals surface area contributed by atoms with Crippen molar-refractivity contribution in [2.24, 2.45) is 0 Å². The van der Waals surface area contributed by atoms with Gasteiger partial charge in [-0.1, -0.05) is 30.3 Å². The summed E-state index contributed by atoms with van der Waals surface area (Å²) in [4.78, 5) is 41.9. The van der Waals surface area contributed by atoms with E-state index in [1.165, 1.54) is 0 Å². The molecule has 1 aromatic rings. The Morgan fingerprint density at radius 1 is 1.00 bits per heavy atom. The Balaban J connectivity index is 1.40. The number of likely N-dealkylation sites (tertiary alicyclic amines) is 1. The fourth-order valence-electron chi connectivity index (χ4n) is 3.77. The SMILES string of the molecule is C[C@H]1C(=O)N(CCCN2CCCC2=O)CC(=O)N1CCOCc1ccccc1. The van der Waals surface area contributed by atoms with E-state index in [-0.39, 0.29) is 24.3 Å². The Morgan fingerprint density at radius 3 is 2.46 bits per heavy atom. The molecule has 3 rings (SSSR count). The quantitative estimate of drug-likeness (QED) is 0.599. The van der Waals surface area contributed by atoms with Gasteiger partial charge in [-0.2, -0.15) is 0 Å². The van der Waals surface area contributed by atoms with Crippen molar-refractivity contribution in [3.05, 3.63) is 35.9 Å². The van der Waals surface area contributed by atoms with Gasteiger partial charge in [0, 0.05) is 32.6 Å². The average molecular weight is 387 g/mol. The van der Waals surface area contributed by atoms with Crippen LogP contribution in [-0.2, 0) is 25.7 Å². The first-order valence-corrected chi connectivity index (χ1v) is 10.0. The molecule has 7 nitrogen and oxygen atoms in total. The van der Waals surface area contributed by atoms with Crippen LogP contribution in [0.2, 0.25) is 0 Å². The molecule has 28 heavy (non-hydrogen) atoms. The summed E-state index contributed by atoms with van der Waals surface area (Å²) in [7, 11) is 0. The molecule has 2 heterocycles. The van der Waals surface area contributed by atoms with Crippen LogP contribution in [0.5, 0.6) is 0 Å². The number of hydrogen-bond acceptors (Lipinski definition) is 4. The van der Waals surface area contributed by atoms with Crippen LogP contribution in [0.1, 0.15) is 31.7 Å². The standard InChI is InChI=1S/C21H29N3O4/c1-17-21(27)23(12-6-11-22-10-5-9-19(22)25)15-20(26)24(17)13-14-28-16-18-7-3-2-4-8-18/h2-4,7-8,17H,5-6,9-16H2,1H3/t17-/m0/s1. The molecule has 0 radical (unpaired) electrons. The fraction of sp³-hybridized carbons (Fsp3) is 0.571. The van der Waals surface area contributed by atoms with Gasteiger partial charge in [-0.25, -0.2) is 0 Å². The van der Waals surface area contributed by atoms with Crippen molar-refractivity contribution in [2.75, 3.05) is 39.3 Å². The Bertz CT molecular complexity index is 694. The molecule has 2 saturated heterocycles. The molecule has 0 aromatic heterocycles. The number of rotatable bonds is 9. The second-order valence-corrected chi connectivity index (χ2v) is 7.40. The van der Waals surface area contributed by atoms with Crippen LogP contribution in [0, 0.1) is 0 Å². The first kappa shape index (κ1) is 20.3. The number of ether oxygens (including phenoxy) is 1. The minimum Gasteiger partial charge on any atom is -0.375 e. The van der Waals surface area contributed by atoms with Crippen molar-refractivity contribution < 1.29 is 19.1 Å². The molecule has 0 N–H and O–H groups in total. The maximum absolute atomic E-state index is 12.6. The van der Waals surface area contributed by atoms with Gasteiger partial charge in [0.1, 0.15) is 6.04 Å². The first-order chi connectivity index (χ1) is 13.6. The molecular weight excluding hydrogens is 358 g/mol. The molecule has 0 aliphatic carbocycles. The molecule has 152 valence electrons. The van der Waals surface area contributed by atoms with Gasteiger partial charge in [0.15, 0.2) is 0 Å². The summed E-state index contributed by atoms with van der Waals surface area (Å²) < 4.78 is 5.66. The maximum Gasteiger partial charge on any atom is 0.245 e. The molecule has 7 heteroatoms. The smallest absolute Gasteiger partial charge is 0.245 e. The normalized spacial score (nSPS) is 20.4. The van der Waals surface area contributed by atoms with Crippen LogP contribution in [0.15, 0.2) is 30.3 Å². The van der Waals surface area contributed by atoms with E-state index < -0.39 is 6.04 Å². The van der Waals surface area contributed by atoms with Gasteiger partial charge in [0.2, 0.25) is 17.7 Å². The van der Waals surface area contributed by atoms with Gasteiger partial charge in [-0.15, -0.1) is 0 Å². The number of nitrogens with zero attached hydrogens (tertiary/aromatic N) is 3. The van der Waals surface area contributed by atoms with Gasteiger partial charge >= 0.3 is 0 Å². The summed E-state index contributed by atoms with van der Waals surface area (Å²) >= 11 is 0. The molecule has 2 aliphatic heterocycles. The second-order valence-electron chi connectivity index (χ2n) is 7.40. The van der Waals surface area contributed by atoms with E-state index >= 15 is 0 Å². The third kappa shape index (κ3) is 5.10. The van der Waals surface area contributed by atoms with E-state index in [1.54, 1.807) is 16.7 Å². The molecule has 1 atom stereocenters. The average Bonchev–Trinajstić information content (AvgIpc) is 3.10. The molecule has 1 aromatic carbocycles. The number of hydrogen-bond donors (Lipinski definition) is 0. The molecule has 2 fully saturated rings. The monoisotopic (exact) mass is 387 g/mol. The molecule has 0 saturated carbocycles. The van der Waals surface area contributed by atoms with Crippen LogP contribution < -0.4 is 0 Å². The second kappa shape index (κ2) is 9.68. The lowest BCUT2D eigenvalue weighted by Crippen LogP contribution is -2.59. The predicted molar refractivity (Wildman–Crippen MR) is 104 cm³/mol. The minimum atomic E-state index is -0.477. The fourth-order valence-corrected chi connectivity index (χ4v) is 3.77. The first-order valence-electron chi connectivity index (χ1n) is 10.0. The highest BCUT2D eigenvalue weighted by atomic mass is 16.5. The van der Waals surface area contributed by atoms with Crippen LogP contribution in [0.25, 0.3) is 0 Å².